The van der Waals surface area contributed by atoms with Crippen molar-refractivity contribution in [2.75, 3.05) is 13.1 Å². The number of rotatable bonds is 6. The Balaban J connectivity index is 1.60. The van der Waals surface area contributed by atoms with E-state index in [1.165, 1.54) is 24.0 Å². The van der Waals surface area contributed by atoms with Crippen LogP contribution in [0.1, 0.15) is 48.1 Å². The molecule has 2 unspecified atom stereocenters. The Morgan fingerprint density at radius 2 is 1.89 bits per heavy atom. The lowest BCUT2D eigenvalue weighted by atomic mass is 9.99. The average Bonchev–Trinajstić information content (AvgIpc) is 2.67. The molecule has 0 saturated carbocycles. The quantitative estimate of drug-likeness (QED) is 0.823. The zero-order valence-electron chi connectivity index (χ0n) is 16.4. The first-order chi connectivity index (χ1) is 13.0. The topological polar surface area (TPSA) is 58.4 Å². The van der Waals surface area contributed by atoms with Crippen LogP contribution in [0, 0.1) is 12.8 Å². The van der Waals surface area contributed by atoms with Crippen LogP contribution in [0.4, 0.5) is 0 Å². The molecule has 1 saturated heterocycles. The molecule has 1 amide bonds. The van der Waals surface area contributed by atoms with Crippen LogP contribution >= 0.6 is 0 Å². The van der Waals surface area contributed by atoms with Crippen LogP contribution < -0.4 is 11.1 Å². The number of amides is 1. The molecule has 0 radical (unpaired) electrons. The highest BCUT2D eigenvalue weighted by Crippen LogP contribution is 2.20. The summed E-state index contributed by atoms with van der Waals surface area (Å²) in [4.78, 5) is 15.0. The van der Waals surface area contributed by atoms with E-state index >= 15 is 0 Å². The second-order valence-electron chi connectivity index (χ2n) is 7.86. The van der Waals surface area contributed by atoms with E-state index in [1.54, 1.807) is 0 Å². The van der Waals surface area contributed by atoms with Gasteiger partial charge in [-0.05, 0) is 48.9 Å². The van der Waals surface area contributed by atoms with E-state index in [0.717, 1.165) is 36.7 Å². The molecular formula is C23H31N3O. The number of carbonyl (C=O) groups is 1. The molecule has 2 aromatic carbocycles. The van der Waals surface area contributed by atoms with Crippen molar-refractivity contribution in [3.8, 4) is 0 Å². The number of likely N-dealkylation sites (tertiary alicyclic amines) is 1. The second-order valence-corrected chi connectivity index (χ2v) is 7.86. The van der Waals surface area contributed by atoms with Crippen LogP contribution in [-0.4, -0.2) is 23.9 Å². The Bertz CT molecular complexity index is 756. The van der Waals surface area contributed by atoms with Gasteiger partial charge in [-0.2, -0.15) is 0 Å². The monoisotopic (exact) mass is 365 g/mol. The molecule has 1 heterocycles. The van der Waals surface area contributed by atoms with E-state index in [-0.39, 0.29) is 5.91 Å². The maximum absolute atomic E-state index is 12.5. The molecule has 2 aromatic rings. The highest BCUT2D eigenvalue weighted by Gasteiger charge is 2.18. The lowest BCUT2D eigenvalue weighted by molar-refractivity contribution is -0.122. The molecule has 1 aliphatic rings. The second kappa shape index (κ2) is 9.16. The number of benzene rings is 2. The van der Waals surface area contributed by atoms with E-state index in [1.807, 2.05) is 37.3 Å². The van der Waals surface area contributed by atoms with Crippen LogP contribution in [0.15, 0.2) is 48.5 Å². The van der Waals surface area contributed by atoms with Crippen molar-refractivity contribution in [3.05, 3.63) is 70.8 Å². The standard InChI is InChI=1S/C23H31N3O/c1-17-9-11-19(12-10-17)22(24)23(27)25-14-20-7-3-4-8-21(20)16-26-13-5-6-18(2)15-26/h3-4,7-12,18,22H,5-6,13-16,24H2,1-2H3,(H,25,27). The molecule has 0 bridgehead atoms. The van der Waals surface area contributed by atoms with E-state index in [9.17, 15) is 4.79 Å². The first-order valence-corrected chi connectivity index (χ1v) is 9.92. The van der Waals surface area contributed by atoms with Crippen molar-refractivity contribution in [1.82, 2.24) is 10.2 Å². The van der Waals surface area contributed by atoms with Gasteiger partial charge < -0.3 is 11.1 Å². The molecular weight excluding hydrogens is 334 g/mol. The van der Waals surface area contributed by atoms with Gasteiger partial charge in [-0.25, -0.2) is 0 Å². The van der Waals surface area contributed by atoms with E-state index < -0.39 is 6.04 Å². The molecule has 1 fully saturated rings. The number of hydrogen-bond donors (Lipinski definition) is 2. The zero-order chi connectivity index (χ0) is 19.2. The summed E-state index contributed by atoms with van der Waals surface area (Å²) in [5.74, 6) is 0.623. The number of aryl methyl sites for hydroxylation is 1. The van der Waals surface area contributed by atoms with Crippen molar-refractivity contribution in [2.24, 2.45) is 11.7 Å². The Morgan fingerprint density at radius 1 is 1.19 bits per heavy atom. The molecule has 144 valence electrons. The van der Waals surface area contributed by atoms with Crippen molar-refractivity contribution in [3.63, 3.8) is 0 Å². The summed E-state index contributed by atoms with van der Waals surface area (Å²) in [6.45, 7) is 8.11. The van der Waals surface area contributed by atoms with Gasteiger partial charge in [0.15, 0.2) is 0 Å². The maximum Gasteiger partial charge on any atom is 0.241 e. The maximum atomic E-state index is 12.5. The van der Waals surface area contributed by atoms with Gasteiger partial charge in [0, 0.05) is 19.6 Å². The van der Waals surface area contributed by atoms with Gasteiger partial charge in [0.05, 0.1) is 0 Å². The molecule has 1 aliphatic heterocycles. The molecule has 0 aliphatic carbocycles. The van der Waals surface area contributed by atoms with Gasteiger partial charge in [0.1, 0.15) is 6.04 Å². The summed E-state index contributed by atoms with van der Waals surface area (Å²) in [7, 11) is 0. The smallest absolute Gasteiger partial charge is 0.241 e. The normalized spacial score (nSPS) is 18.9. The van der Waals surface area contributed by atoms with Gasteiger partial charge in [-0.3, -0.25) is 9.69 Å². The lowest BCUT2D eigenvalue weighted by Crippen LogP contribution is -2.35. The molecule has 4 nitrogen and oxygen atoms in total. The molecule has 27 heavy (non-hydrogen) atoms. The Morgan fingerprint density at radius 3 is 2.59 bits per heavy atom. The summed E-state index contributed by atoms with van der Waals surface area (Å²) in [5.41, 5.74) is 10.6. The number of nitrogens with one attached hydrogen (secondary N) is 1. The van der Waals surface area contributed by atoms with Gasteiger partial charge in [-0.15, -0.1) is 0 Å². The average molecular weight is 366 g/mol. The van der Waals surface area contributed by atoms with Gasteiger partial charge in [-0.1, -0.05) is 61.0 Å². The number of piperidine rings is 1. The van der Waals surface area contributed by atoms with Gasteiger partial charge >= 0.3 is 0 Å². The van der Waals surface area contributed by atoms with Crippen molar-refractivity contribution >= 4 is 5.91 Å². The van der Waals surface area contributed by atoms with Crippen molar-refractivity contribution in [1.29, 1.82) is 0 Å². The highest BCUT2D eigenvalue weighted by atomic mass is 16.2. The molecule has 4 heteroatoms. The van der Waals surface area contributed by atoms with E-state index in [0.29, 0.717) is 6.54 Å². The highest BCUT2D eigenvalue weighted by molar-refractivity contribution is 5.82. The SMILES string of the molecule is Cc1ccc(C(N)C(=O)NCc2ccccc2CN2CCCC(C)C2)cc1. The van der Waals surface area contributed by atoms with Crippen LogP contribution in [0.3, 0.4) is 0 Å². The minimum Gasteiger partial charge on any atom is -0.350 e. The van der Waals surface area contributed by atoms with Gasteiger partial charge in [0.2, 0.25) is 5.91 Å². The Hall–Kier alpha value is -2.17. The minimum atomic E-state index is -0.638. The summed E-state index contributed by atoms with van der Waals surface area (Å²) in [6, 6.07) is 15.5. The number of carbonyl (C=O) groups excluding carboxylic acids is 1. The van der Waals surface area contributed by atoms with Crippen LogP contribution in [0.25, 0.3) is 0 Å². The van der Waals surface area contributed by atoms with E-state index in [2.05, 4.69) is 35.3 Å². The third-order valence-electron chi connectivity index (χ3n) is 5.43. The predicted molar refractivity (Wildman–Crippen MR) is 110 cm³/mol. The fourth-order valence-electron chi connectivity index (χ4n) is 3.77. The predicted octanol–water partition coefficient (Wildman–Crippen LogP) is 3.54. The lowest BCUT2D eigenvalue weighted by Gasteiger charge is -2.31. The molecule has 2 atom stereocenters. The number of hydrogen-bond acceptors (Lipinski definition) is 3. The first-order valence-electron chi connectivity index (χ1n) is 9.92. The summed E-state index contributed by atoms with van der Waals surface area (Å²) >= 11 is 0. The Labute approximate surface area is 162 Å². The minimum absolute atomic E-state index is 0.139. The van der Waals surface area contributed by atoms with Crippen LogP contribution in [0.2, 0.25) is 0 Å². The zero-order valence-corrected chi connectivity index (χ0v) is 16.4. The largest absolute Gasteiger partial charge is 0.350 e. The first kappa shape index (κ1) is 19.6. The van der Waals surface area contributed by atoms with Crippen molar-refractivity contribution in [2.45, 2.75) is 45.8 Å². The molecule has 3 N–H and O–H groups in total. The third kappa shape index (κ3) is 5.41. The van der Waals surface area contributed by atoms with Crippen LogP contribution in [-0.2, 0) is 17.9 Å². The van der Waals surface area contributed by atoms with Gasteiger partial charge in [0.25, 0.3) is 0 Å². The fourth-order valence-corrected chi connectivity index (χ4v) is 3.77. The third-order valence-corrected chi connectivity index (χ3v) is 5.43. The summed E-state index contributed by atoms with van der Waals surface area (Å²) in [5, 5.41) is 3.02. The van der Waals surface area contributed by atoms with Crippen molar-refractivity contribution < 1.29 is 4.79 Å². The summed E-state index contributed by atoms with van der Waals surface area (Å²) < 4.78 is 0. The Kier molecular flexibility index (Phi) is 6.64. The molecule has 0 spiro atoms. The molecule has 0 aromatic heterocycles. The number of nitrogens with two attached hydrogens (primary N) is 1. The summed E-state index contributed by atoms with van der Waals surface area (Å²) in [6.07, 6.45) is 2.59. The van der Waals surface area contributed by atoms with E-state index in [4.69, 9.17) is 5.73 Å². The molecule has 3 rings (SSSR count). The fraction of sp³-hybridized carbons (Fsp3) is 0.435. The van der Waals surface area contributed by atoms with Crippen LogP contribution in [0.5, 0.6) is 0 Å². The number of nitrogens with zero attached hydrogens (tertiary/aromatic N) is 1.